The summed E-state index contributed by atoms with van der Waals surface area (Å²) in [5.74, 6) is -0.595. The number of fused-ring (bicyclic) bond motifs is 1. The number of anilines is 1. The van der Waals surface area contributed by atoms with Gasteiger partial charge in [-0.3, -0.25) is 9.59 Å². The number of carbonyl (C=O) groups excluding carboxylic acids is 2. The van der Waals surface area contributed by atoms with Gasteiger partial charge in [0, 0.05) is 31.1 Å². The topological polar surface area (TPSA) is 83.6 Å². The van der Waals surface area contributed by atoms with Crippen LogP contribution in [0.15, 0.2) is 52.3 Å². The third kappa shape index (κ3) is 5.61. The molecule has 6 nitrogen and oxygen atoms in total. The predicted molar refractivity (Wildman–Crippen MR) is 115 cm³/mol. The molecule has 0 atom stereocenters. The summed E-state index contributed by atoms with van der Waals surface area (Å²) in [6.07, 6.45) is 2.85. The van der Waals surface area contributed by atoms with Crippen LogP contribution >= 0.6 is 11.8 Å². The molecule has 2 aromatic rings. The molecule has 0 unspecified atom stereocenters. The molecule has 2 amide bonds. The zero-order chi connectivity index (χ0) is 21.0. The van der Waals surface area contributed by atoms with Crippen LogP contribution in [0, 0.1) is 0 Å². The summed E-state index contributed by atoms with van der Waals surface area (Å²) in [5, 5.41) is 2.62. The smallest absolute Gasteiger partial charge is 0.285 e. The highest BCUT2D eigenvalue weighted by Gasteiger charge is 2.20. The van der Waals surface area contributed by atoms with E-state index in [9.17, 15) is 18.0 Å². The van der Waals surface area contributed by atoms with Crippen molar-refractivity contribution in [2.45, 2.75) is 35.5 Å². The van der Waals surface area contributed by atoms with Crippen LogP contribution in [0.4, 0.5) is 10.5 Å². The number of benzene rings is 2. The molecule has 29 heavy (non-hydrogen) atoms. The number of amides is 2. The van der Waals surface area contributed by atoms with E-state index < -0.39 is 9.84 Å². The Morgan fingerprint density at radius 2 is 1.72 bits per heavy atom. The summed E-state index contributed by atoms with van der Waals surface area (Å²) in [7, 11) is -0.141. The van der Waals surface area contributed by atoms with Crippen LogP contribution in [0.2, 0.25) is 0 Å². The summed E-state index contributed by atoms with van der Waals surface area (Å²) < 4.78 is 25.1. The van der Waals surface area contributed by atoms with Crippen LogP contribution in [0.1, 0.15) is 24.0 Å². The van der Waals surface area contributed by atoms with Gasteiger partial charge in [-0.2, -0.15) is 0 Å². The quantitative estimate of drug-likeness (QED) is 0.703. The van der Waals surface area contributed by atoms with Crippen molar-refractivity contribution < 1.29 is 18.0 Å². The van der Waals surface area contributed by atoms with E-state index in [0.29, 0.717) is 5.69 Å². The van der Waals surface area contributed by atoms with Crippen LogP contribution in [-0.2, 0) is 27.5 Å². The van der Waals surface area contributed by atoms with E-state index >= 15 is 0 Å². The van der Waals surface area contributed by atoms with Crippen LogP contribution in [0.5, 0.6) is 0 Å². The van der Waals surface area contributed by atoms with Crippen molar-refractivity contribution in [3.63, 3.8) is 0 Å². The largest absolute Gasteiger partial charge is 0.339 e. The molecule has 0 spiro atoms. The third-order valence-electron chi connectivity index (χ3n) is 4.74. The maximum absolute atomic E-state index is 12.6. The minimum atomic E-state index is -3.50. The van der Waals surface area contributed by atoms with E-state index in [2.05, 4.69) is 5.32 Å². The van der Waals surface area contributed by atoms with Crippen LogP contribution < -0.4 is 5.32 Å². The highest BCUT2D eigenvalue weighted by Crippen LogP contribution is 2.26. The molecule has 0 saturated heterocycles. The lowest BCUT2D eigenvalue weighted by molar-refractivity contribution is -0.115. The Kier molecular flexibility index (Phi) is 6.64. The Bertz CT molecular complexity index is 1020. The standard InChI is InChI=1S/C21H24N2O4S2/c1-23(2)21(25)28-18-9-7-17(8-10-18)22-20(24)12-13-29(26,27)19-11-6-15-4-3-5-16(15)14-19/h6-11,14H,3-5,12-13H2,1-2H3,(H,22,24). The number of carbonyl (C=O) groups is 2. The molecule has 0 aromatic heterocycles. The van der Waals surface area contributed by atoms with Crippen LogP contribution in [0.3, 0.4) is 0 Å². The van der Waals surface area contributed by atoms with Gasteiger partial charge in [-0.25, -0.2) is 8.42 Å². The van der Waals surface area contributed by atoms with Crippen molar-refractivity contribution in [2.75, 3.05) is 25.2 Å². The highest BCUT2D eigenvalue weighted by molar-refractivity contribution is 8.13. The Balaban J connectivity index is 1.54. The fourth-order valence-electron chi connectivity index (χ4n) is 3.11. The molecule has 1 N–H and O–H groups in total. The number of thioether (sulfide) groups is 1. The maximum atomic E-state index is 12.6. The maximum Gasteiger partial charge on any atom is 0.285 e. The Labute approximate surface area is 175 Å². The number of sulfone groups is 1. The van der Waals surface area contributed by atoms with Crippen LogP contribution in [-0.4, -0.2) is 44.3 Å². The lowest BCUT2D eigenvalue weighted by Gasteiger charge is -2.10. The van der Waals surface area contributed by atoms with E-state index in [1.165, 1.54) is 10.5 Å². The van der Waals surface area contributed by atoms with Crippen molar-refractivity contribution in [3.8, 4) is 0 Å². The summed E-state index contributed by atoms with van der Waals surface area (Å²) in [4.78, 5) is 26.4. The van der Waals surface area contributed by atoms with Gasteiger partial charge in [0.15, 0.2) is 9.84 Å². The lowest BCUT2D eigenvalue weighted by atomic mass is 10.1. The minimum Gasteiger partial charge on any atom is -0.339 e. The van der Waals surface area contributed by atoms with Crippen molar-refractivity contribution in [1.82, 2.24) is 4.90 Å². The molecule has 154 valence electrons. The second-order valence-corrected chi connectivity index (χ2v) is 10.3. The van der Waals surface area contributed by atoms with Gasteiger partial charge in [0.05, 0.1) is 10.6 Å². The van der Waals surface area contributed by atoms with Crippen molar-refractivity contribution in [2.24, 2.45) is 0 Å². The monoisotopic (exact) mass is 432 g/mol. The molecule has 8 heteroatoms. The Morgan fingerprint density at radius 3 is 2.41 bits per heavy atom. The molecule has 0 aliphatic heterocycles. The van der Waals surface area contributed by atoms with Crippen molar-refractivity contribution in [3.05, 3.63) is 53.6 Å². The minimum absolute atomic E-state index is 0.0847. The Hall–Kier alpha value is -2.32. The van der Waals surface area contributed by atoms with E-state index in [1.807, 2.05) is 6.07 Å². The molecular formula is C21H24N2O4S2. The number of nitrogens with zero attached hydrogens (tertiary/aromatic N) is 1. The van der Waals surface area contributed by atoms with Gasteiger partial charge in [0.25, 0.3) is 5.24 Å². The molecule has 2 aromatic carbocycles. The van der Waals surface area contributed by atoms with Crippen molar-refractivity contribution in [1.29, 1.82) is 0 Å². The second-order valence-electron chi connectivity index (χ2n) is 7.19. The molecule has 0 fully saturated rings. The highest BCUT2D eigenvalue weighted by atomic mass is 32.2. The number of nitrogens with one attached hydrogen (secondary N) is 1. The molecule has 0 radical (unpaired) electrons. The first-order valence-corrected chi connectivity index (χ1v) is 11.8. The molecule has 0 bridgehead atoms. The van der Waals surface area contributed by atoms with E-state index in [0.717, 1.165) is 41.5 Å². The number of aryl methyl sites for hydroxylation is 2. The molecule has 1 aliphatic carbocycles. The molecule has 3 rings (SSSR count). The second kappa shape index (κ2) is 9.00. The average molecular weight is 433 g/mol. The average Bonchev–Trinajstić information content (AvgIpc) is 3.16. The first-order valence-electron chi connectivity index (χ1n) is 9.38. The van der Waals surface area contributed by atoms with Gasteiger partial charge in [0.1, 0.15) is 0 Å². The number of hydrogen-bond donors (Lipinski definition) is 1. The zero-order valence-corrected chi connectivity index (χ0v) is 18.1. The molecule has 0 saturated carbocycles. The van der Waals surface area contributed by atoms with Crippen LogP contribution in [0.25, 0.3) is 0 Å². The van der Waals surface area contributed by atoms with Gasteiger partial charge in [0.2, 0.25) is 5.91 Å². The van der Waals surface area contributed by atoms with Gasteiger partial charge in [-0.15, -0.1) is 0 Å². The SMILES string of the molecule is CN(C)C(=O)Sc1ccc(NC(=O)CCS(=O)(=O)c2ccc3c(c2)CCC3)cc1. The van der Waals surface area contributed by atoms with Gasteiger partial charge in [-0.05, 0) is 78.5 Å². The Morgan fingerprint density at radius 1 is 1.03 bits per heavy atom. The molecule has 1 aliphatic rings. The third-order valence-corrected chi connectivity index (χ3v) is 7.50. The zero-order valence-electron chi connectivity index (χ0n) is 16.5. The van der Waals surface area contributed by atoms with Gasteiger partial charge >= 0.3 is 0 Å². The first kappa shape index (κ1) is 21.4. The predicted octanol–water partition coefficient (Wildman–Crippen LogP) is 3.75. The first-order chi connectivity index (χ1) is 13.7. The van der Waals surface area contributed by atoms with E-state index in [4.69, 9.17) is 0 Å². The lowest BCUT2D eigenvalue weighted by Crippen LogP contribution is -2.17. The van der Waals surface area contributed by atoms with Gasteiger partial charge < -0.3 is 10.2 Å². The summed E-state index contributed by atoms with van der Waals surface area (Å²) in [6, 6.07) is 12.1. The number of rotatable bonds is 6. The fraction of sp³-hybridized carbons (Fsp3) is 0.333. The van der Waals surface area contributed by atoms with Crippen molar-refractivity contribution >= 4 is 38.4 Å². The summed E-state index contributed by atoms with van der Waals surface area (Å²) in [6.45, 7) is 0. The summed E-state index contributed by atoms with van der Waals surface area (Å²) >= 11 is 1.09. The fourth-order valence-corrected chi connectivity index (χ4v) is 5.05. The van der Waals surface area contributed by atoms with E-state index in [1.54, 1.807) is 50.5 Å². The molecular weight excluding hydrogens is 408 g/mol. The van der Waals surface area contributed by atoms with E-state index in [-0.39, 0.29) is 28.2 Å². The van der Waals surface area contributed by atoms with Gasteiger partial charge in [-0.1, -0.05) is 6.07 Å². The number of hydrogen-bond acceptors (Lipinski definition) is 5. The molecule has 0 heterocycles. The normalized spacial score (nSPS) is 13.0. The summed E-state index contributed by atoms with van der Waals surface area (Å²) in [5.41, 5.74) is 2.88.